The van der Waals surface area contributed by atoms with Crippen LogP contribution in [-0.2, 0) is 0 Å². The van der Waals surface area contributed by atoms with Gasteiger partial charge in [0.2, 0.25) is 0 Å². The highest BCUT2D eigenvalue weighted by molar-refractivity contribution is 5.40. The zero-order chi connectivity index (χ0) is 9.68. The van der Waals surface area contributed by atoms with Gasteiger partial charge < -0.3 is 11.5 Å². The minimum absolute atomic E-state index is 0.0355. The number of rotatable bonds is 4. The van der Waals surface area contributed by atoms with Crippen LogP contribution in [0.5, 0.6) is 0 Å². The Morgan fingerprint density at radius 3 is 3.00 bits per heavy atom. The molecule has 3 nitrogen and oxygen atoms in total. The van der Waals surface area contributed by atoms with Crippen LogP contribution >= 0.6 is 0 Å². The van der Waals surface area contributed by atoms with Crippen LogP contribution in [0.1, 0.15) is 24.4 Å². The summed E-state index contributed by atoms with van der Waals surface area (Å²) in [6.45, 7) is 3.65. The Bertz CT molecular complexity index is 283. The Hall–Kier alpha value is -1.35. The van der Waals surface area contributed by atoms with Gasteiger partial charge in [-0.3, -0.25) is 0 Å². The van der Waals surface area contributed by atoms with Gasteiger partial charge in [-0.05, 0) is 18.9 Å². The summed E-state index contributed by atoms with van der Waals surface area (Å²) in [6, 6.07) is 3.72. The Morgan fingerprint density at radius 2 is 2.38 bits per heavy atom. The summed E-state index contributed by atoms with van der Waals surface area (Å²) >= 11 is 0. The molecule has 0 fully saturated rings. The summed E-state index contributed by atoms with van der Waals surface area (Å²) in [5.74, 6) is 0.527. The second kappa shape index (κ2) is 4.62. The highest BCUT2D eigenvalue weighted by Gasteiger charge is 2.08. The Balaban J connectivity index is 2.70. The maximum atomic E-state index is 5.91. The molecule has 1 atom stereocenters. The summed E-state index contributed by atoms with van der Waals surface area (Å²) in [5, 5.41) is 0. The van der Waals surface area contributed by atoms with Crippen LogP contribution in [0.4, 0.5) is 5.82 Å². The van der Waals surface area contributed by atoms with Crippen molar-refractivity contribution in [3.63, 3.8) is 0 Å². The van der Waals surface area contributed by atoms with E-state index in [1.165, 1.54) is 0 Å². The molecule has 0 aliphatic heterocycles. The van der Waals surface area contributed by atoms with Gasteiger partial charge in [0.1, 0.15) is 5.82 Å². The number of nitrogens with zero attached hydrogens (tertiary/aromatic N) is 1. The molecule has 0 saturated heterocycles. The van der Waals surface area contributed by atoms with Gasteiger partial charge in [-0.2, -0.15) is 0 Å². The Kier molecular flexibility index (Phi) is 3.46. The monoisotopic (exact) mass is 177 g/mol. The third-order valence-electron chi connectivity index (χ3n) is 1.95. The van der Waals surface area contributed by atoms with Crippen molar-refractivity contribution in [2.75, 3.05) is 5.73 Å². The van der Waals surface area contributed by atoms with Crippen molar-refractivity contribution in [3.8, 4) is 0 Å². The summed E-state index contributed by atoms with van der Waals surface area (Å²) < 4.78 is 0. The van der Waals surface area contributed by atoms with Crippen LogP contribution in [0.15, 0.2) is 31.0 Å². The molecule has 1 heterocycles. The molecule has 0 aliphatic carbocycles. The molecule has 0 bridgehead atoms. The summed E-state index contributed by atoms with van der Waals surface area (Å²) in [4.78, 5) is 3.98. The maximum absolute atomic E-state index is 5.91. The molecule has 0 radical (unpaired) electrons. The van der Waals surface area contributed by atoms with Crippen LogP contribution in [0.3, 0.4) is 0 Å². The average molecular weight is 177 g/mol. The lowest BCUT2D eigenvalue weighted by Gasteiger charge is -2.11. The molecule has 0 saturated carbocycles. The molecular formula is C10H15N3. The average Bonchev–Trinajstić information content (AvgIpc) is 2.15. The van der Waals surface area contributed by atoms with Crippen molar-refractivity contribution in [1.82, 2.24) is 4.98 Å². The quantitative estimate of drug-likeness (QED) is 0.687. The molecule has 0 spiro atoms. The first-order valence-corrected chi connectivity index (χ1v) is 4.32. The number of pyridine rings is 1. The van der Waals surface area contributed by atoms with Crippen LogP contribution in [0.2, 0.25) is 0 Å². The van der Waals surface area contributed by atoms with Crippen LogP contribution in [-0.4, -0.2) is 4.98 Å². The molecule has 4 N–H and O–H groups in total. The van der Waals surface area contributed by atoms with Gasteiger partial charge in [0.15, 0.2) is 0 Å². The Morgan fingerprint density at radius 1 is 1.62 bits per heavy atom. The van der Waals surface area contributed by atoms with Crippen molar-refractivity contribution in [1.29, 1.82) is 0 Å². The first kappa shape index (κ1) is 9.74. The zero-order valence-corrected chi connectivity index (χ0v) is 7.61. The van der Waals surface area contributed by atoms with Gasteiger partial charge in [-0.25, -0.2) is 4.98 Å². The fraction of sp³-hybridized carbons (Fsp3) is 0.300. The van der Waals surface area contributed by atoms with Gasteiger partial charge >= 0.3 is 0 Å². The molecule has 0 unspecified atom stereocenters. The highest BCUT2D eigenvalue weighted by atomic mass is 14.8. The van der Waals surface area contributed by atoms with E-state index in [0.717, 1.165) is 18.4 Å². The lowest BCUT2D eigenvalue weighted by Crippen LogP contribution is -2.12. The van der Waals surface area contributed by atoms with Crippen LogP contribution in [0, 0.1) is 0 Å². The van der Waals surface area contributed by atoms with E-state index in [2.05, 4.69) is 11.6 Å². The minimum Gasteiger partial charge on any atom is -0.383 e. The van der Waals surface area contributed by atoms with Crippen molar-refractivity contribution < 1.29 is 0 Å². The second-order valence-electron chi connectivity index (χ2n) is 2.95. The molecule has 0 aliphatic rings. The third-order valence-corrected chi connectivity index (χ3v) is 1.95. The molecule has 1 aromatic heterocycles. The number of nitrogen functional groups attached to an aromatic ring is 1. The lowest BCUT2D eigenvalue weighted by atomic mass is 10.0. The van der Waals surface area contributed by atoms with Gasteiger partial charge in [0.05, 0.1) is 0 Å². The summed E-state index contributed by atoms with van der Waals surface area (Å²) in [6.07, 6.45) is 5.28. The number of nitrogens with two attached hydrogens (primary N) is 2. The van der Waals surface area contributed by atoms with Crippen molar-refractivity contribution in [2.24, 2.45) is 5.73 Å². The lowest BCUT2D eigenvalue weighted by molar-refractivity contribution is 0.661. The fourth-order valence-electron chi connectivity index (χ4n) is 1.20. The predicted octanol–water partition coefficient (Wildman–Crippen LogP) is 1.63. The Labute approximate surface area is 78.5 Å². The molecule has 1 rings (SSSR count). The van der Waals surface area contributed by atoms with E-state index in [0.29, 0.717) is 5.82 Å². The molecular weight excluding hydrogens is 162 g/mol. The van der Waals surface area contributed by atoms with E-state index in [1.807, 2.05) is 18.2 Å². The molecule has 13 heavy (non-hydrogen) atoms. The zero-order valence-electron chi connectivity index (χ0n) is 7.61. The van der Waals surface area contributed by atoms with E-state index in [4.69, 9.17) is 11.5 Å². The first-order chi connectivity index (χ1) is 6.25. The van der Waals surface area contributed by atoms with Gasteiger partial charge in [0.25, 0.3) is 0 Å². The largest absolute Gasteiger partial charge is 0.383 e. The number of hydrogen-bond donors (Lipinski definition) is 2. The maximum Gasteiger partial charge on any atom is 0.128 e. The number of hydrogen-bond acceptors (Lipinski definition) is 3. The summed E-state index contributed by atoms with van der Waals surface area (Å²) in [5.41, 5.74) is 12.5. The normalized spacial score (nSPS) is 12.4. The standard InChI is InChI=1S/C10H15N3/c1-2-3-6-9(11)8-5-4-7-13-10(8)12/h2,4-5,7,9H,1,3,6,11H2,(H2,12,13)/t9-/m0/s1. The van der Waals surface area contributed by atoms with E-state index in [1.54, 1.807) is 6.20 Å². The topological polar surface area (TPSA) is 64.9 Å². The molecule has 1 aromatic rings. The number of allylic oxidation sites excluding steroid dienone is 1. The fourth-order valence-corrected chi connectivity index (χ4v) is 1.20. The molecule has 70 valence electrons. The number of anilines is 1. The molecule has 0 aromatic carbocycles. The van der Waals surface area contributed by atoms with E-state index in [9.17, 15) is 0 Å². The van der Waals surface area contributed by atoms with Gasteiger partial charge in [0, 0.05) is 17.8 Å². The minimum atomic E-state index is -0.0355. The molecule has 3 heteroatoms. The van der Waals surface area contributed by atoms with Gasteiger partial charge in [-0.15, -0.1) is 6.58 Å². The third kappa shape index (κ3) is 2.56. The second-order valence-corrected chi connectivity index (χ2v) is 2.95. The van der Waals surface area contributed by atoms with Crippen molar-refractivity contribution in [2.45, 2.75) is 18.9 Å². The van der Waals surface area contributed by atoms with Crippen LogP contribution in [0.25, 0.3) is 0 Å². The predicted molar refractivity (Wildman–Crippen MR) is 55.0 cm³/mol. The number of aromatic nitrogens is 1. The highest BCUT2D eigenvalue weighted by Crippen LogP contribution is 2.19. The van der Waals surface area contributed by atoms with Crippen molar-refractivity contribution >= 4 is 5.82 Å². The van der Waals surface area contributed by atoms with E-state index >= 15 is 0 Å². The van der Waals surface area contributed by atoms with Crippen LogP contribution < -0.4 is 11.5 Å². The molecule has 0 amide bonds. The van der Waals surface area contributed by atoms with E-state index in [-0.39, 0.29) is 6.04 Å². The SMILES string of the molecule is C=CCC[C@H](N)c1cccnc1N. The smallest absolute Gasteiger partial charge is 0.128 e. The van der Waals surface area contributed by atoms with Gasteiger partial charge in [-0.1, -0.05) is 12.1 Å². The van der Waals surface area contributed by atoms with Crippen molar-refractivity contribution in [3.05, 3.63) is 36.5 Å². The van der Waals surface area contributed by atoms with E-state index < -0.39 is 0 Å². The summed E-state index contributed by atoms with van der Waals surface area (Å²) in [7, 11) is 0. The first-order valence-electron chi connectivity index (χ1n) is 4.32.